The quantitative estimate of drug-likeness (QED) is 0.711. The minimum atomic E-state index is -3.30. The van der Waals surface area contributed by atoms with Crippen LogP contribution in [-0.2, 0) is 24.3 Å². The number of morpholine rings is 1. The molecule has 2 saturated heterocycles. The molecule has 0 radical (unpaired) electrons. The molecule has 23 heavy (non-hydrogen) atoms. The predicted molar refractivity (Wildman–Crippen MR) is 84.5 cm³/mol. The van der Waals surface area contributed by atoms with E-state index in [0.29, 0.717) is 26.2 Å². The van der Waals surface area contributed by atoms with Crippen LogP contribution in [0.2, 0.25) is 0 Å². The van der Waals surface area contributed by atoms with Crippen LogP contribution in [-0.4, -0.2) is 80.9 Å². The third-order valence-corrected chi connectivity index (χ3v) is 7.55. The lowest BCUT2D eigenvalue weighted by Gasteiger charge is -2.36. The van der Waals surface area contributed by atoms with Crippen molar-refractivity contribution < 1.29 is 22.7 Å². The van der Waals surface area contributed by atoms with Crippen molar-refractivity contribution in [1.82, 2.24) is 9.21 Å². The van der Waals surface area contributed by atoms with Gasteiger partial charge in [-0.25, -0.2) is 8.42 Å². The molecule has 0 aromatic heterocycles. The molecule has 3 fully saturated rings. The number of amides is 1. The highest BCUT2D eigenvalue weighted by molar-refractivity contribution is 7.89. The van der Waals surface area contributed by atoms with Crippen molar-refractivity contribution in [3.8, 4) is 0 Å². The van der Waals surface area contributed by atoms with Crippen molar-refractivity contribution in [2.75, 3.05) is 40.0 Å². The number of rotatable bonds is 5. The molecule has 0 spiro atoms. The van der Waals surface area contributed by atoms with E-state index in [1.807, 2.05) is 0 Å². The van der Waals surface area contributed by atoms with E-state index in [1.165, 1.54) is 0 Å². The summed E-state index contributed by atoms with van der Waals surface area (Å²) in [5.74, 6) is -0.0831. The Morgan fingerprint density at radius 2 is 1.96 bits per heavy atom. The lowest BCUT2D eigenvalue weighted by molar-refractivity contribution is -0.153. The molecule has 0 unspecified atom stereocenters. The second-order valence-electron chi connectivity index (χ2n) is 6.62. The number of carbonyl (C=O) groups is 1. The number of ether oxygens (including phenoxy) is 2. The molecule has 2 atom stereocenters. The number of fused-ring (bicyclic) bond motifs is 1. The summed E-state index contributed by atoms with van der Waals surface area (Å²) >= 11 is 0. The standard InChI is InChI=1S/C15H26N2O5S/c1-21-8-7-17-13-9-16(10-14(13)22-11-15(17)18)23(19,20)12-5-3-2-4-6-12/h12-14H,2-11H2,1H3/t13-,14-/m0/s1. The molecule has 7 nitrogen and oxygen atoms in total. The number of hydrogen-bond acceptors (Lipinski definition) is 5. The van der Waals surface area contributed by atoms with Crippen molar-refractivity contribution in [2.45, 2.75) is 49.5 Å². The first kappa shape index (κ1) is 17.1. The van der Waals surface area contributed by atoms with Crippen molar-refractivity contribution in [3.05, 3.63) is 0 Å². The molecular formula is C15H26N2O5S. The normalized spacial score (nSPS) is 30.7. The zero-order valence-corrected chi connectivity index (χ0v) is 14.5. The molecule has 2 heterocycles. The highest BCUT2D eigenvalue weighted by Gasteiger charge is 2.48. The molecule has 0 aromatic rings. The molecule has 1 aliphatic carbocycles. The van der Waals surface area contributed by atoms with Crippen LogP contribution in [0.25, 0.3) is 0 Å². The number of nitrogens with zero attached hydrogens (tertiary/aromatic N) is 2. The first-order valence-electron chi connectivity index (χ1n) is 8.43. The molecule has 3 aliphatic rings. The lowest BCUT2D eigenvalue weighted by atomic mass is 10.0. The fourth-order valence-corrected chi connectivity index (χ4v) is 5.96. The van der Waals surface area contributed by atoms with Gasteiger partial charge in [0.15, 0.2) is 0 Å². The van der Waals surface area contributed by atoms with Crippen LogP contribution in [0.3, 0.4) is 0 Å². The molecule has 0 aromatic carbocycles. The van der Waals surface area contributed by atoms with Gasteiger partial charge in [-0.05, 0) is 12.8 Å². The first-order valence-corrected chi connectivity index (χ1v) is 9.93. The molecule has 1 saturated carbocycles. The predicted octanol–water partition coefficient (Wildman–Crippen LogP) is 0.207. The Labute approximate surface area is 138 Å². The van der Waals surface area contributed by atoms with Gasteiger partial charge < -0.3 is 14.4 Å². The topological polar surface area (TPSA) is 76.2 Å². The van der Waals surface area contributed by atoms with Crippen molar-refractivity contribution in [3.63, 3.8) is 0 Å². The first-order chi connectivity index (χ1) is 11.0. The van der Waals surface area contributed by atoms with Gasteiger partial charge in [-0.3, -0.25) is 4.79 Å². The maximum absolute atomic E-state index is 12.9. The maximum Gasteiger partial charge on any atom is 0.249 e. The second-order valence-corrected chi connectivity index (χ2v) is 8.83. The number of carbonyl (C=O) groups excluding carboxylic acids is 1. The average molecular weight is 346 g/mol. The van der Waals surface area contributed by atoms with Gasteiger partial charge in [0.05, 0.1) is 24.0 Å². The van der Waals surface area contributed by atoms with E-state index in [0.717, 1.165) is 32.1 Å². The van der Waals surface area contributed by atoms with E-state index in [4.69, 9.17) is 9.47 Å². The Morgan fingerprint density at radius 3 is 2.65 bits per heavy atom. The highest BCUT2D eigenvalue weighted by atomic mass is 32.2. The van der Waals surface area contributed by atoms with Gasteiger partial charge in [-0.1, -0.05) is 19.3 Å². The van der Waals surface area contributed by atoms with Crippen LogP contribution in [0, 0.1) is 0 Å². The van der Waals surface area contributed by atoms with E-state index in [2.05, 4.69) is 0 Å². The lowest BCUT2D eigenvalue weighted by Crippen LogP contribution is -2.54. The van der Waals surface area contributed by atoms with Crippen LogP contribution in [0.5, 0.6) is 0 Å². The van der Waals surface area contributed by atoms with Gasteiger partial charge in [-0.2, -0.15) is 4.31 Å². The molecule has 8 heteroatoms. The SMILES string of the molecule is COCCN1C(=O)CO[C@H]2CN(S(=O)(=O)C3CCCCC3)C[C@@H]21. The minimum absolute atomic E-state index is 0.0300. The number of hydrogen-bond donors (Lipinski definition) is 0. The van der Waals surface area contributed by atoms with Gasteiger partial charge in [0.2, 0.25) is 15.9 Å². The van der Waals surface area contributed by atoms with E-state index in [1.54, 1.807) is 16.3 Å². The van der Waals surface area contributed by atoms with E-state index in [-0.39, 0.29) is 29.9 Å². The molecular weight excluding hydrogens is 320 g/mol. The summed E-state index contributed by atoms with van der Waals surface area (Å²) in [6, 6.07) is -0.190. The average Bonchev–Trinajstić information content (AvgIpc) is 3.00. The van der Waals surface area contributed by atoms with Crippen molar-refractivity contribution in [2.24, 2.45) is 0 Å². The summed E-state index contributed by atoms with van der Waals surface area (Å²) in [6.45, 7) is 1.67. The molecule has 0 bridgehead atoms. The summed E-state index contributed by atoms with van der Waals surface area (Å²) in [4.78, 5) is 13.8. The van der Waals surface area contributed by atoms with Gasteiger partial charge in [0.25, 0.3) is 0 Å². The Morgan fingerprint density at radius 1 is 1.22 bits per heavy atom. The summed E-state index contributed by atoms with van der Waals surface area (Å²) < 4.78 is 38.0. The van der Waals surface area contributed by atoms with Crippen LogP contribution < -0.4 is 0 Å². The smallest absolute Gasteiger partial charge is 0.249 e. The van der Waals surface area contributed by atoms with Crippen molar-refractivity contribution in [1.29, 1.82) is 0 Å². The number of sulfonamides is 1. The summed E-state index contributed by atoms with van der Waals surface area (Å²) in [7, 11) is -1.70. The van der Waals surface area contributed by atoms with Crippen LogP contribution >= 0.6 is 0 Å². The van der Waals surface area contributed by atoms with E-state index < -0.39 is 10.0 Å². The second kappa shape index (κ2) is 7.04. The maximum atomic E-state index is 12.9. The molecule has 132 valence electrons. The molecule has 3 rings (SSSR count). The molecule has 0 N–H and O–H groups in total. The van der Waals surface area contributed by atoms with Gasteiger partial charge in [0.1, 0.15) is 6.61 Å². The van der Waals surface area contributed by atoms with E-state index >= 15 is 0 Å². The Bertz CT molecular complexity index is 532. The largest absolute Gasteiger partial charge is 0.383 e. The third kappa shape index (κ3) is 3.40. The van der Waals surface area contributed by atoms with E-state index in [9.17, 15) is 13.2 Å². The Kier molecular flexibility index (Phi) is 5.25. The number of methoxy groups -OCH3 is 1. The molecule has 1 amide bonds. The van der Waals surface area contributed by atoms with Crippen LogP contribution in [0.15, 0.2) is 0 Å². The summed E-state index contributed by atoms with van der Waals surface area (Å²) in [6.07, 6.45) is 4.38. The Hall–Kier alpha value is -0.700. The Balaban J connectivity index is 1.71. The van der Waals surface area contributed by atoms with Gasteiger partial charge in [-0.15, -0.1) is 0 Å². The van der Waals surface area contributed by atoms with Crippen LogP contribution in [0.1, 0.15) is 32.1 Å². The summed E-state index contributed by atoms with van der Waals surface area (Å²) in [5, 5.41) is -0.264. The van der Waals surface area contributed by atoms with Crippen LogP contribution in [0.4, 0.5) is 0 Å². The van der Waals surface area contributed by atoms with Gasteiger partial charge >= 0.3 is 0 Å². The molecule has 2 aliphatic heterocycles. The highest BCUT2D eigenvalue weighted by Crippen LogP contribution is 2.31. The minimum Gasteiger partial charge on any atom is -0.383 e. The summed E-state index contributed by atoms with van der Waals surface area (Å²) in [5.41, 5.74) is 0. The van der Waals surface area contributed by atoms with Gasteiger partial charge in [0, 0.05) is 26.7 Å². The zero-order chi connectivity index (χ0) is 16.4. The third-order valence-electron chi connectivity index (χ3n) is 5.21. The monoisotopic (exact) mass is 346 g/mol. The zero-order valence-electron chi connectivity index (χ0n) is 13.6. The fourth-order valence-electron chi connectivity index (χ4n) is 3.89. The van der Waals surface area contributed by atoms with Crippen molar-refractivity contribution >= 4 is 15.9 Å². The fraction of sp³-hybridized carbons (Fsp3) is 0.933.